The van der Waals surface area contributed by atoms with E-state index in [0.29, 0.717) is 0 Å². The molecule has 0 aliphatic carbocycles. The molecule has 0 amide bonds. The van der Waals surface area contributed by atoms with Gasteiger partial charge in [0.15, 0.2) is 0 Å². The maximum atomic E-state index is 10.3. The van der Waals surface area contributed by atoms with Crippen LogP contribution in [0.3, 0.4) is 0 Å². The second-order valence-corrected chi connectivity index (χ2v) is 9.93. The summed E-state index contributed by atoms with van der Waals surface area (Å²) in [6.07, 6.45) is 1.78. The summed E-state index contributed by atoms with van der Waals surface area (Å²) in [5.41, 5.74) is 2.43. The van der Waals surface area contributed by atoms with Gasteiger partial charge in [0.25, 0.3) is 10.4 Å². The maximum absolute atomic E-state index is 10.3. The third kappa shape index (κ3) is 8.45. The van der Waals surface area contributed by atoms with E-state index < -0.39 is 10.4 Å². The van der Waals surface area contributed by atoms with Crippen molar-refractivity contribution in [1.29, 1.82) is 0 Å². The van der Waals surface area contributed by atoms with Crippen molar-refractivity contribution in [2.24, 2.45) is 0 Å². The molecule has 2 rings (SSSR count). The fraction of sp³-hybridized carbons (Fsp3) is 0.333. The molecule has 0 bridgehead atoms. The van der Waals surface area contributed by atoms with E-state index >= 15 is 0 Å². The van der Waals surface area contributed by atoms with Gasteiger partial charge >= 0.3 is 0 Å². The SMILES string of the molecule is C=CC(C)(C)c1ccc(OS(=O)(=O)[O-])cc1.CC(C)(C)c1ccc(I)cc1.[HH].[HH]. The number of rotatable bonds is 4. The van der Waals surface area contributed by atoms with Crippen LogP contribution in [0.25, 0.3) is 0 Å². The second kappa shape index (κ2) is 9.21. The highest BCUT2D eigenvalue weighted by molar-refractivity contribution is 14.1. The lowest BCUT2D eigenvalue weighted by Gasteiger charge is -2.20. The van der Waals surface area contributed by atoms with Gasteiger partial charge in [-0.2, -0.15) is 0 Å². The van der Waals surface area contributed by atoms with Crippen LogP contribution in [-0.2, 0) is 21.2 Å². The van der Waals surface area contributed by atoms with E-state index in [1.165, 1.54) is 21.3 Å². The van der Waals surface area contributed by atoms with Crippen LogP contribution < -0.4 is 4.18 Å². The summed E-state index contributed by atoms with van der Waals surface area (Å²) in [5, 5.41) is 0. The van der Waals surface area contributed by atoms with Crippen molar-refractivity contribution in [1.82, 2.24) is 0 Å². The van der Waals surface area contributed by atoms with Crippen LogP contribution in [0.4, 0.5) is 0 Å². The molecule has 0 atom stereocenters. The van der Waals surface area contributed by atoms with Gasteiger partial charge in [-0.25, -0.2) is 8.42 Å². The second-order valence-electron chi connectivity index (χ2n) is 7.70. The van der Waals surface area contributed by atoms with Crippen LogP contribution in [0.5, 0.6) is 5.75 Å². The van der Waals surface area contributed by atoms with Gasteiger partial charge in [-0.05, 0) is 63.4 Å². The van der Waals surface area contributed by atoms with Gasteiger partial charge in [-0.1, -0.05) is 65.0 Å². The maximum Gasteiger partial charge on any atom is 0.262 e. The molecule has 0 aliphatic rings. The van der Waals surface area contributed by atoms with E-state index in [2.05, 4.69) is 78.4 Å². The summed E-state index contributed by atoms with van der Waals surface area (Å²) in [6.45, 7) is 14.4. The molecule has 0 saturated carbocycles. The minimum Gasteiger partial charge on any atom is -0.716 e. The van der Waals surface area contributed by atoms with Crippen molar-refractivity contribution >= 4 is 33.0 Å². The zero-order valence-corrected chi connectivity index (χ0v) is 19.3. The number of allylic oxidation sites excluding steroid dienone is 1. The lowest BCUT2D eigenvalue weighted by Crippen LogP contribution is -2.13. The first-order chi connectivity index (χ1) is 12.2. The highest BCUT2D eigenvalue weighted by atomic mass is 127. The number of hydrogen-bond donors (Lipinski definition) is 0. The Labute approximate surface area is 179 Å². The van der Waals surface area contributed by atoms with Gasteiger partial charge in [-0.15, -0.1) is 6.58 Å². The Balaban J connectivity index is 0. The Kier molecular flexibility index (Phi) is 8.07. The quantitative estimate of drug-likeness (QED) is 0.219. The largest absolute Gasteiger partial charge is 0.716 e. The van der Waals surface area contributed by atoms with Crippen LogP contribution in [0, 0.1) is 3.57 Å². The van der Waals surface area contributed by atoms with Gasteiger partial charge in [0, 0.05) is 11.8 Å². The summed E-state index contributed by atoms with van der Waals surface area (Å²) in [4.78, 5) is 0. The fourth-order valence-electron chi connectivity index (χ4n) is 2.13. The highest BCUT2D eigenvalue weighted by Gasteiger charge is 2.15. The molecule has 152 valence electrons. The lowest BCUT2D eigenvalue weighted by atomic mass is 9.85. The lowest BCUT2D eigenvalue weighted by molar-refractivity contribution is 0.372. The van der Waals surface area contributed by atoms with Crippen LogP contribution in [0.15, 0.2) is 61.2 Å². The summed E-state index contributed by atoms with van der Waals surface area (Å²) >= 11 is 2.32. The van der Waals surface area contributed by atoms with Crippen molar-refractivity contribution in [3.63, 3.8) is 0 Å². The normalized spacial score (nSPS) is 12.0. The molecule has 0 aliphatic heterocycles. The molecule has 0 saturated heterocycles. The van der Waals surface area contributed by atoms with Crippen molar-refractivity contribution in [3.05, 3.63) is 75.9 Å². The summed E-state index contributed by atoms with van der Waals surface area (Å²) < 4.78 is 36.5. The van der Waals surface area contributed by atoms with Gasteiger partial charge in [0.2, 0.25) is 0 Å². The molecule has 0 unspecified atom stereocenters. The minimum absolute atomic E-state index is 0. The van der Waals surface area contributed by atoms with Crippen LogP contribution in [0.2, 0.25) is 0 Å². The Morgan fingerprint density at radius 1 is 0.963 bits per heavy atom. The standard InChI is InChI=1S/C11H14O4S.C10H13I.2H2/c1-4-11(2,3)9-5-7-10(8-6-9)15-16(12,13)14;1-10(2,3)8-4-6-9(11)7-5-8;;/h4-8H,1H2,2-3H3,(H,12,13,14);4-7H,1-3H3;2*1H/p-1. The molecule has 0 aromatic heterocycles. The van der Waals surface area contributed by atoms with Crippen LogP contribution >= 0.6 is 22.6 Å². The number of benzene rings is 2. The van der Waals surface area contributed by atoms with E-state index in [0.717, 1.165) is 5.56 Å². The summed E-state index contributed by atoms with van der Waals surface area (Å²) in [5.74, 6) is 0.0126. The monoisotopic (exact) mass is 505 g/mol. The third-order valence-corrected chi connectivity index (χ3v) is 5.13. The molecule has 0 N–H and O–H groups in total. The van der Waals surface area contributed by atoms with Gasteiger partial charge in [0.1, 0.15) is 5.75 Å². The fourth-order valence-corrected chi connectivity index (χ4v) is 2.83. The van der Waals surface area contributed by atoms with Gasteiger partial charge in [0.05, 0.1) is 0 Å². The molecule has 2 aromatic rings. The zero-order chi connectivity index (χ0) is 20.9. The molecule has 27 heavy (non-hydrogen) atoms. The smallest absolute Gasteiger partial charge is 0.262 e. The molecular formula is C21H30IO4S-. The summed E-state index contributed by atoms with van der Waals surface area (Å²) in [6, 6.07) is 15.0. The molecule has 6 heteroatoms. The highest BCUT2D eigenvalue weighted by Crippen LogP contribution is 2.26. The van der Waals surface area contributed by atoms with Crippen LogP contribution in [-0.4, -0.2) is 13.0 Å². The first-order valence-electron chi connectivity index (χ1n) is 8.40. The third-order valence-electron chi connectivity index (χ3n) is 4.02. The van der Waals surface area contributed by atoms with Gasteiger partial charge in [-0.3, -0.25) is 0 Å². The average Bonchev–Trinajstić information content (AvgIpc) is 2.54. The molecule has 4 nitrogen and oxygen atoms in total. The van der Waals surface area contributed by atoms with E-state index in [4.69, 9.17) is 0 Å². The first kappa shape index (κ1) is 23.7. The number of hydrogen-bond acceptors (Lipinski definition) is 4. The van der Waals surface area contributed by atoms with Crippen molar-refractivity contribution in [2.45, 2.75) is 45.4 Å². The Bertz CT molecular complexity index is 857. The van der Waals surface area contributed by atoms with Crippen molar-refractivity contribution in [2.75, 3.05) is 0 Å². The predicted molar refractivity (Wildman–Crippen MR) is 122 cm³/mol. The zero-order valence-electron chi connectivity index (χ0n) is 16.3. The Morgan fingerprint density at radius 3 is 1.78 bits per heavy atom. The number of halogens is 1. The molecule has 0 radical (unpaired) electrons. The van der Waals surface area contributed by atoms with E-state index in [-0.39, 0.29) is 19.4 Å². The van der Waals surface area contributed by atoms with E-state index in [1.807, 2.05) is 13.8 Å². The predicted octanol–water partition coefficient (Wildman–Crippen LogP) is 6.07. The van der Waals surface area contributed by atoms with Crippen molar-refractivity contribution in [3.8, 4) is 5.75 Å². The Hall–Kier alpha value is -1.38. The average molecular weight is 505 g/mol. The Morgan fingerprint density at radius 2 is 1.41 bits per heavy atom. The van der Waals surface area contributed by atoms with Crippen LogP contribution in [0.1, 0.15) is 48.6 Å². The summed E-state index contributed by atoms with van der Waals surface area (Å²) in [7, 11) is -4.70. The molecular weight excluding hydrogens is 475 g/mol. The molecule has 0 fully saturated rings. The van der Waals surface area contributed by atoms with Crippen molar-refractivity contribution < 1.29 is 20.0 Å². The van der Waals surface area contributed by atoms with E-state index in [9.17, 15) is 13.0 Å². The van der Waals surface area contributed by atoms with Gasteiger partial charge < -0.3 is 8.74 Å². The molecule has 0 heterocycles. The first-order valence-corrected chi connectivity index (χ1v) is 10.8. The molecule has 2 aromatic carbocycles. The van der Waals surface area contributed by atoms with E-state index in [1.54, 1.807) is 18.2 Å². The topological polar surface area (TPSA) is 66.4 Å². The minimum atomic E-state index is -4.70. The molecule has 0 spiro atoms.